The van der Waals surface area contributed by atoms with E-state index < -0.39 is 11.7 Å². The van der Waals surface area contributed by atoms with Crippen LogP contribution in [0.3, 0.4) is 0 Å². The van der Waals surface area contributed by atoms with E-state index in [9.17, 15) is 22.8 Å². The van der Waals surface area contributed by atoms with Gasteiger partial charge < -0.3 is 19.9 Å². The Balaban J connectivity index is 1.32. The number of ether oxygens (including phenoxy) is 1. The molecule has 8 nitrogen and oxygen atoms in total. The van der Waals surface area contributed by atoms with E-state index in [-0.39, 0.29) is 30.9 Å². The molecular weight excluding hydrogens is 415 g/mol. The summed E-state index contributed by atoms with van der Waals surface area (Å²) in [4.78, 5) is 35.6. The molecular formula is C20H20F3N5O3. The van der Waals surface area contributed by atoms with Crippen LogP contribution in [0.1, 0.15) is 18.2 Å². The fraction of sp³-hybridized carbons (Fsp3) is 0.400. The van der Waals surface area contributed by atoms with Gasteiger partial charge in [-0.25, -0.2) is 4.98 Å². The minimum Gasteiger partial charge on any atom is -0.424 e. The molecule has 1 N–H and O–H groups in total. The predicted octanol–water partition coefficient (Wildman–Crippen LogP) is 2.11. The molecule has 0 radical (unpaired) electrons. The SMILES string of the molecule is C[C@@H]1CN(c2ccc(C(F)(F)F)cn2)CCN1C(=O)CNc1cnc2c(c1)OC(=O)C2. The zero-order valence-electron chi connectivity index (χ0n) is 16.6. The van der Waals surface area contributed by atoms with Crippen LogP contribution in [0.2, 0.25) is 0 Å². The summed E-state index contributed by atoms with van der Waals surface area (Å²) in [5.41, 5.74) is 0.352. The molecule has 2 aliphatic rings. The third-order valence-electron chi connectivity index (χ3n) is 5.26. The average molecular weight is 435 g/mol. The summed E-state index contributed by atoms with van der Waals surface area (Å²) < 4.78 is 43.2. The molecule has 11 heteroatoms. The molecule has 2 aliphatic heterocycles. The number of alkyl halides is 3. The first-order valence-electron chi connectivity index (χ1n) is 9.72. The van der Waals surface area contributed by atoms with Crippen molar-refractivity contribution < 1.29 is 27.5 Å². The quantitative estimate of drug-likeness (QED) is 0.736. The molecule has 1 fully saturated rings. The molecule has 0 aromatic carbocycles. The molecule has 0 spiro atoms. The molecule has 0 aliphatic carbocycles. The lowest BCUT2D eigenvalue weighted by molar-refractivity contribution is -0.138. The van der Waals surface area contributed by atoms with E-state index in [0.29, 0.717) is 42.6 Å². The fourth-order valence-electron chi connectivity index (χ4n) is 3.64. The molecule has 1 amide bonds. The Morgan fingerprint density at radius 1 is 1.26 bits per heavy atom. The van der Waals surface area contributed by atoms with Gasteiger partial charge in [0.1, 0.15) is 5.82 Å². The van der Waals surface area contributed by atoms with E-state index in [1.54, 1.807) is 17.2 Å². The molecule has 2 aromatic rings. The van der Waals surface area contributed by atoms with Crippen molar-refractivity contribution in [2.75, 3.05) is 36.4 Å². The molecule has 0 bridgehead atoms. The van der Waals surface area contributed by atoms with E-state index in [1.165, 1.54) is 6.07 Å². The molecule has 4 heterocycles. The first-order chi connectivity index (χ1) is 14.7. The third kappa shape index (κ3) is 4.54. The van der Waals surface area contributed by atoms with Crippen LogP contribution in [0.15, 0.2) is 30.6 Å². The van der Waals surface area contributed by atoms with Gasteiger partial charge in [-0.2, -0.15) is 13.2 Å². The Kier molecular flexibility index (Phi) is 5.42. The van der Waals surface area contributed by atoms with Crippen LogP contribution in [-0.4, -0.2) is 59.0 Å². The maximum atomic E-state index is 12.7. The number of hydrogen-bond donors (Lipinski definition) is 1. The van der Waals surface area contributed by atoms with Crippen LogP contribution in [0.4, 0.5) is 24.7 Å². The van der Waals surface area contributed by atoms with Crippen LogP contribution in [0.25, 0.3) is 0 Å². The monoisotopic (exact) mass is 435 g/mol. The van der Waals surface area contributed by atoms with Crippen LogP contribution in [0, 0.1) is 0 Å². The van der Waals surface area contributed by atoms with Crippen LogP contribution in [-0.2, 0) is 22.2 Å². The number of pyridine rings is 2. The number of esters is 1. The number of carbonyl (C=O) groups is 2. The smallest absolute Gasteiger partial charge is 0.417 e. The molecule has 31 heavy (non-hydrogen) atoms. The summed E-state index contributed by atoms with van der Waals surface area (Å²) in [6, 6.07) is 3.85. The molecule has 1 atom stereocenters. The van der Waals surface area contributed by atoms with E-state index in [4.69, 9.17) is 4.74 Å². The van der Waals surface area contributed by atoms with Gasteiger partial charge in [-0.3, -0.25) is 14.6 Å². The van der Waals surface area contributed by atoms with E-state index in [2.05, 4.69) is 15.3 Å². The minimum absolute atomic E-state index is 0.0390. The van der Waals surface area contributed by atoms with Crippen LogP contribution < -0.4 is 15.0 Å². The Morgan fingerprint density at radius 2 is 2.06 bits per heavy atom. The van der Waals surface area contributed by atoms with Crippen LogP contribution in [0.5, 0.6) is 5.75 Å². The second-order valence-corrected chi connectivity index (χ2v) is 7.46. The van der Waals surface area contributed by atoms with Gasteiger partial charge in [-0.1, -0.05) is 0 Å². The molecule has 0 unspecified atom stereocenters. The highest BCUT2D eigenvalue weighted by Crippen LogP contribution is 2.30. The maximum Gasteiger partial charge on any atom is 0.417 e. The summed E-state index contributed by atoms with van der Waals surface area (Å²) in [6.07, 6.45) is -1.91. The zero-order valence-corrected chi connectivity index (χ0v) is 16.6. The number of nitrogens with zero attached hydrogens (tertiary/aromatic N) is 4. The number of hydrogen-bond acceptors (Lipinski definition) is 7. The van der Waals surface area contributed by atoms with Gasteiger partial charge in [0.15, 0.2) is 5.75 Å². The van der Waals surface area contributed by atoms with Gasteiger partial charge in [0.05, 0.1) is 36.1 Å². The number of piperazine rings is 1. The maximum absolute atomic E-state index is 12.7. The highest BCUT2D eigenvalue weighted by Gasteiger charge is 2.32. The van der Waals surface area contributed by atoms with E-state index in [0.717, 1.165) is 12.3 Å². The van der Waals surface area contributed by atoms with Gasteiger partial charge in [0.25, 0.3) is 0 Å². The number of anilines is 2. The lowest BCUT2D eigenvalue weighted by atomic mass is 10.1. The summed E-state index contributed by atoms with van der Waals surface area (Å²) >= 11 is 0. The van der Waals surface area contributed by atoms with Gasteiger partial charge in [0, 0.05) is 37.9 Å². The minimum atomic E-state index is -4.42. The number of nitrogens with one attached hydrogen (secondary N) is 1. The largest absolute Gasteiger partial charge is 0.424 e. The van der Waals surface area contributed by atoms with Crippen LogP contribution >= 0.6 is 0 Å². The fourth-order valence-corrected chi connectivity index (χ4v) is 3.64. The number of fused-ring (bicyclic) bond motifs is 1. The molecule has 164 valence electrons. The highest BCUT2D eigenvalue weighted by molar-refractivity contribution is 5.83. The van der Waals surface area contributed by atoms with Crippen molar-refractivity contribution in [2.24, 2.45) is 0 Å². The predicted molar refractivity (Wildman–Crippen MR) is 105 cm³/mol. The number of carbonyl (C=O) groups excluding carboxylic acids is 2. The average Bonchev–Trinajstić information content (AvgIpc) is 3.10. The first-order valence-corrected chi connectivity index (χ1v) is 9.72. The topological polar surface area (TPSA) is 87.7 Å². The van der Waals surface area contributed by atoms with Crippen molar-refractivity contribution in [2.45, 2.75) is 25.6 Å². The van der Waals surface area contributed by atoms with E-state index in [1.807, 2.05) is 11.8 Å². The highest BCUT2D eigenvalue weighted by atomic mass is 19.4. The number of aromatic nitrogens is 2. The Labute approximate surface area is 176 Å². The van der Waals surface area contributed by atoms with Gasteiger partial charge in [-0.05, 0) is 19.1 Å². The van der Waals surface area contributed by atoms with Gasteiger partial charge in [-0.15, -0.1) is 0 Å². The first kappa shape index (κ1) is 20.9. The standard InChI is InChI=1S/C20H20F3N5O3/c1-12-11-27(17-3-2-13(8-26-17)20(21,22)23)4-5-28(12)18(29)10-24-14-6-16-15(25-9-14)7-19(30)31-16/h2-3,6,8-9,12,24H,4-5,7,10-11H2,1H3/t12-/m1/s1. The van der Waals surface area contributed by atoms with Crippen molar-refractivity contribution in [3.63, 3.8) is 0 Å². The summed E-state index contributed by atoms with van der Waals surface area (Å²) in [5, 5.41) is 2.99. The van der Waals surface area contributed by atoms with Crippen molar-refractivity contribution in [3.8, 4) is 5.75 Å². The summed E-state index contributed by atoms with van der Waals surface area (Å²) in [6.45, 7) is 3.26. The number of rotatable bonds is 4. The van der Waals surface area contributed by atoms with Crippen molar-refractivity contribution in [1.82, 2.24) is 14.9 Å². The van der Waals surface area contributed by atoms with Gasteiger partial charge in [0.2, 0.25) is 5.91 Å². The lowest BCUT2D eigenvalue weighted by Crippen LogP contribution is -2.55. The Hall–Kier alpha value is -3.37. The molecule has 0 saturated carbocycles. The summed E-state index contributed by atoms with van der Waals surface area (Å²) in [5.74, 6) is 0.368. The van der Waals surface area contributed by atoms with Gasteiger partial charge >= 0.3 is 12.1 Å². The van der Waals surface area contributed by atoms with E-state index >= 15 is 0 Å². The molecule has 1 saturated heterocycles. The lowest BCUT2D eigenvalue weighted by Gasteiger charge is -2.40. The Bertz CT molecular complexity index is 997. The second-order valence-electron chi connectivity index (χ2n) is 7.46. The Morgan fingerprint density at radius 3 is 2.74 bits per heavy atom. The molecule has 2 aromatic heterocycles. The summed E-state index contributed by atoms with van der Waals surface area (Å²) in [7, 11) is 0. The molecule has 4 rings (SSSR count). The second kappa shape index (κ2) is 8.05. The van der Waals surface area contributed by atoms with Crippen molar-refractivity contribution >= 4 is 23.4 Å². The van der Waals surface area contributed by atoms with Crippen molar-refractivity contribution in [3.05, 3.63) is 41.9 Å². The normalized spacial score (nSPS) is 18.6. The number of halogens is 3. The van der Waals surface area contributed by atoms with Crippen molar-refractivity contribution in [1.29, 1.82) is 0 Å². The zero-order chi connectivity index (χ0) is 22.2. The number of amides is 1. The third-order valence-corrected chi connectivity index (χ3v) is 5.26.